The summed E-state index contributed by atoms with van der Waals surface area (Å²) < 4.78 is 44.3. The van der Waals surface area contributed by atoms with Gasteiger partial charge in [-0.3, -0.25) is 9.48 Å². The standard InChI is InChI=1S/C16H15F3N4O2/c1-10(24)22-15-8-20-14-3-2-12(6-13(14)15)25-5-4-23-9-11(7-21-23)16(17,18)19/h2-3,6-9,20H,4-5H2,1H3,(H,22,24). The number of amides is 1. The lowest BCUT2D eigenvalue weighted by molar-refractivity contribution is -0.137. The number of carbonyl (C=O) groups excluding carboxylic acids is 1. The maximum absolute atomic E-state index is 12.5. The maximum atomic E-state index is 12.5. The number of hydrogen-bond donors (Lipinski definition) is 2. The van der Waals surface area contributed by atoms with Crippen molar-refractivity contribution in [1.82, 2.24) is 14.8 Å². The molecule has 1 amide bonds. The average molecular weight is 352 g/mol. The molecule has 2 heterocycles. The number of ether oxygens (including phenoxy) is 1. The van der Waals surface area contributed by atoms with E-state index < -0.39 is 11.7 Å². The van der Waals surface area contributed by atoms with Gasteiger partial charge in [0.25, 0.3) is 0 Å². The van der Waals surface area contributed by atoms with Gasteiger partial charge in [0.15, 0.2) is 0 Å². The number of alkyl halides is 3. The highest BCUT2D eigenvalue weighted by Gasteiger charge is 2.32. The molecule has 1 aromatic carbocycles. The van der Waals surface area contributed by atoms with Crippen LogP contribution in [-0.2, 0) is 17.5 Å². The van der Waals surface area contributed by atoms with Gasteiger partial charge in [0.2, 0.25) is 5.91 Å². The van der Waals surface area contributed by atoms with Crippen molar-refractivity contribution in [1.29, 1.82) is 0 Å². The minimum Gasteiger partial charge on any atom is -0.492 e. The van der Waals surface area contributed by atoms with Crippen molar-refractivity contribution in [3.63, 3.8) is 0 Å². The quantitative estimate of drug-likeness (QED) is 0.739. The second kappa shape index (κ2) is 6.50. The van der Waals surface area contributed by atoms with Crippen LogP contribution in [0.25, 0.3) is 10.9 Å². The van der Waals surface area contributed by atoms with E-state index in [4.69, 9.17) is 4.74 Å². The lowest BCUT2D eigenvalue weighted by Gasteiger charge is -2.07. The second-order valence-electron chi connectivity index (χ2n) is 5.43. The SMILES string of the molecule is CC(=O)Nc1c[nH]c2ccc(OCCn3cc(C(F)(F)F)cn3)cc12. The minimum atomic E-state index is -4.40. The highest BCUT2D eigenvalue weighted by atomic mass is 19.4. The van der Waals surface area contributed by atoms with Gasteiger partial charge in [-0.15, -0.1) is 0 Å². The van der Waals surface area contributed by atoms with E-state index in [-0.39, 0.29) is 19.1 Å². The summed E-state index contributed by atoms with van der Waals surface area (Å²) in [5, 5.41) is 7.16. The fourth-order valence-corrected chi connectivity index (χ4v) is 2.37. The van der Waals surface area contributed by atoms with Crippen LogP contribution in [0.5, 0.6) is 5.75 Å². The van der Waals surface area contributed by atoms with E-state index in [0.717, 1.165) is 23.3 Å². The molecule has 0 saturated heterocycles. The Bertz CT molecular complexity index is 898. The molecule has 0 spiro atoms. The van der Waals surface area contributed by atoms with Crippen LogP contribution in [-0.4, -0.2) is 27.3 Å². The van der Waals surface area contributed by atoms with Gasteiger partial charge in [0, 0.05) is 30.2 Å². The lowest BCUT2D eigenvalue weighted by Crippen LogP contribution is -2.09. The van der Waals surface area contributed by atoms with Crippen molar-refractivity contribution in [3.8, 4) is 5.75 Å². The number of nitrogens with zero attached hydrogens (tertiary/aromatic N) is 2. The average Bonchev–Trinajstić information content (AvgIpc) is 3.14. The molecule has 2 aromatic heterocycles. The summed E-state index contributed by atoms with van der Waals surface area (Å²) in [6.45, 7) is 1.75. The van der Waals surface area contributed by atoms with Gasteiger partial charge in [-0.2, -0.15) is 18.3 Å². The summed E-state index contributed by atoms with van der Waals surface area (Å²) in [5.41, 5.74) is 0.675. The lowest BCUT2D eigenvalue weighted by atomic mass is 10.2. The fourth-order valence-electron chi connectivity index (χ4n) is 2.37. The Morgan fingerprint density at radius 3 is 2.88 bits per heavy atom. The summed E-state index contributed by atoms with van der Waals surface area (Å²) >= 11 is 0. The van der Waals surface area contributed by atoms with Gasteiger partial charge in [0.1, 0.15) is 12.4 Å². The van der Waals surface area contributed by atoms with E-state index in [2.05, 4.69) is 15.4 Å². The molecular formula is C16H15F3N4O2. The summed E-state index contributed by atoms with van der Waals surface area (Å²) in [5.74, 6) is 0.355. The van der Waals surface area contributed by atoms with Crippen LogP contribution >= 0.6 is 0 Å². The Labute approximate surface area is 140 Å². The molecule has 25 heavy (non-hydrogen) atoms. The second-order valence-corrected chi connectivity index (χ2v) is 5.43. The number of aromatic nitrogens is 3. The first-order chi connectivity index (χ1) is 11.8. The van der Waals surface area contributed by atoms with E-state index in [1.54, 1.807) is 24.4 Å². The topological polar surface area (TPSA) is 71.9 Å². The third-order valence-corrected chi connectivity index (χ3v) is 3.51. The number of aromatic amines is 1. The molecule has 0 aliphatic carbocycles. The van der Waals surface area contributed by atoms with Gasteiger partial charge >= 0.3 is 6.18 Å². The van der Waals surface area contributed by atoms with Gasteiger partial charge in [0.05, 0.1) is 24.0 Å². The van der Waals surface area contributed by atoms with Gasteiger partial charge < -0.3 is 15.0 Å². The molecule has 2 N–H and O–H groups in total. The Morgan fingerprint density at radius 2 is 2.20 bits per heavy atom. The summed E-state index contributed by atoms with van der Waals surface area (Å²) in [4.78, 5) is 14.2. The van der Waals surface area contributed by atoms with Crippen LogP contribution in [0.3, 0.4) is 0 Å². The van der Waals surface area contributed by atoms with E-state index in [9.17, 15) is 18.0 Å². The molecule has 6 nitrogen and oxygen atoms in total. The Kier molecular flexibility index (Phi) is 4.39. The number of nitrogens with one attached hydrogen (secondary N) is 2. The normalized spacial score (nSPS) is 11.7. The van der Waals surface area contributed by atoms with Crippen molar-refractivity contribution in [2.24, 2.45) is 0 Å². The number of H-pyrrole nitrogens is 1. The van der Waals surface area contributed by atoms with Crippen LogP contribution in [0.15, 0.2) is 36.8 Å². The Hall–Kier alpha value is -2.97. The van der Waals surface area contributed by atoms with Crippen LogP contribution in [0.2, 0.25) is 0 Å². The van der Waals surface area contributed by atoms with Gasteiger partial charge in [-0.05, 0) is 18.2 Å². The molecular weight excluding hydrogens is 337 g/mol. The predicted molar refractivity (Wildman–Crippen MR) is 85.3 cm³/mol. The largest absolute Gasteiger partial charge is 0.492 e. The van der Waals surface area contributed by atoms with E-state index in [1.165, 1.54) is 11.6 Å². The third-order valence-electron chi connectivity index (χ3n) is 3.51. The van der Waals surface area contributed by atoms with Crippen molar-refractivity contribution in [2.75, 3.05) is 11.9 Å². The number of carbonyl (C=O) groups is 1. The van der Waals surface area contributed by atoms with Crippen LogP contribution in [0.1, 0.15) is 12.5 Å². The third kappa shape index (κ3) is 3.93. The van der Waals surface area contributed by atoms with Crippen LogP contribution in [0, 0.1) is 0 Å². The zero-order valence-corrected chi connectivity index (χ0v) is 13.2. The molecule has 0 atom stereocenters. The highest BCUT2D eigenvalue weighted by Crippen LogP contribution is 2.29. The number of anilines is 1. The molecule has 0 bridgehead atoms. The van der Waals surface area contributed by atoms with Crippen molar-refractivity contribution >= 4 is 22.5 Å². The number of rotatable bonds is 5. The van der Waals surface area contributed by atoms with Gasteiger partial charge in [-0.1, -0.05) is 0 Å². The molecule has 132 valence electrons. The maximum Gasteiger partial charge on any atom is 0.419 e. The predicted octanol–water partition coefficient (Wildman–Crippen LogP) is 3.42. The van der Waals surface area contributed by atoms with E-state index in [0.29, 0.717) is 11.4 Å². The number of fused-ring (bicyclic) bond motifs is 1. The van der Waals surface area contributed by atoms with Crippen molar-refractivity contribution in [2.45, 2.75) is 19.6 Å². The smallest absolute Gasteiger partial charge is 0.419 e. The number of benzene rings is 1. The summed E-state index contributed by atoms with van der Waals surface area (Å²) in [6, 6.07) is 5.29. The fraction of sp³-hybridized carbons (Fsp3) is 0.250. The molecule has 3 aromatic rings. The molecule has 3 rings (SSSR count). The van der Waals surface area contributed by atoms with Crippen LogP contribution < -0.4 is 10.1 Å². The molecule has 0 aliphatic rings. The Morgan fingerprint density at radius 1 is 1.40 bits per heavy atom. The first kappa shape index (κ1) is 16.9. The van der Waals surface area contributed by atoms with Crippen molar-refractivity contribution < 1.29 is 22.7 Å². The Balaban J connectivity index is 1.65. The molecule has 0 aliphatic heterocycles. The molecule has 0 saturated carbocycles. The minimum absolute atomic E-state index is 0.157. The van der Waals surface area contributed by atoms with E-state index in [1.807, 2.05) is 0 Å². The zero-order valence-electron chi connectivity index (χ0n) is 13.2. The highest BCUT2D eigenvalue weighted by molar-refractivity contribution is 6.01. The zero-order chi connectivity index (χ0) is 18.0. The summed E-state index contributed by atoms with van der Waals surface area (Å²) in [7, 11) is 0. The molecule has 9 heteroatoms. The molecule has 0 radical (unpaired) electrons. The summed E-state index contributed by atoms with van der Waals surface area (Å²) in [6.07, 6.45) is -1.00. The van der Waals surface area contributed by atoms with Crippen molar-refractivity contribution in [3.05, 3.63) is 42.4 Å². The number of halogens is 3. The first-order valence-corrected chi connectivity index (χ1v) is 7.44. The van der Waals surface area contributed by atoms with Gasteiger partial charge in [-0.25, -0.2) is 0 Å². The number of hydrogen-bond acceptors (Lipinski definition) is 3. The molecule has 0 fully saturated rings. The monoisotopic (exact) mass is 352 g/mol. The van der Waals surface area contributed by atoms with E-state index >= 15 is 0 Å². The van der Waals surface area contributed by atoms with Crippen LogP contribution in [0.4, 0.5) is 18.9 Å². The first-order valence-electron chi connectivity index (χ1n) is 7.44. The molecule has 0 unspecified atom stereocenters.